The molecule has 0 radical (unpaired) electrons. The summed E-state index contributed by atoms with van der Waals surface area (Å²) in [4.78, 5) is 43.5. The zero-order valence-electron chi connectivity index (χ0n) is 20.3. The number of carbonyl (C=O) groups excluding carboxylic acids is 2. The molecule has 0 unspecified atom stereocenters. The first-order chi connectivity index (χ1) is 17.5. The van der Waals surface area contributed by atoms with Crippen LogP contribution in [0.15, 0.2) is 47.3 Å². The minimum absolute atomic E-state index is 0.0239. The molecule has 190 valence electrons. The third kappa shape index (κ3) is 5.45. The van der Waals surface area contributed by atoms with Crippen LogP contribution in [0.2, 0.25) is 0 Å². The van der Waals surface area contributed by atoms with E-state index in [1.807, 2.05) is 18.2 Å². The van der Waals surface area contributed by atoms with E-state index in [-0.39, 0.29) is 30.7 Å². The molecule has 4 heterocycles. The van der Waals surface area contributed by atoms with Crippen LogP contribution in [-0.4, -0.2) is 65.1 Å². The fourth-order valence-electron chi connectivity index (χ4n) is 5.32. The summed E-state index contributed by atoms with van der Waals surface area (Å²) in [5.74, 6) is 0.181. The van der Waals surface area contributed by atoms with Crippen LogP contribution in [0.4, 0.5) is 5.82 Å². The third-order valence-electron chi connectivity index (χ3n) is 7.30. The number of carbonyl (C=O) groups is 3. The van der Waals surface area contributed by atoms with Crippen molar-refractivity contribution in [1.29, 1.82) is 0 Å². The SMILES string of the molecule is O=C(O)C[C@H](NC(=O)CN1CC[C@H](CCc2ccc3c(n2)NCCC3)C1=O)C1=CCC2=CCOC2=C1. The average molecular weight is 493 g/mol. The Morgan fingerprint density at radius 3 is 3.06 bits per heavy atom. The van der Waals surface area contributed by atoms with E-state index >= 15 is 0 Å². The highest BCUT2D eigenvalue weighted by atomic mass is 16.5. The molecule has 36 heavy (non-hydrogen) atoms. The lowest BCUT2D eigenvalue weighted by atomic mass is 9.94. The van der Waals surface area contributed by atoms with E-state index in [0.717, 1.165) is 47.8 Å². The van der Waals surface area contributed by atoms with E-state index in [9.17, 15) is 19.5 Å². The highest BCUT2D eigenvalue weighted by molar-refractivity contribution is 5.87. The molecule has 1 aromatic rings. The number of carboxylic acids is 1. The standard InChI is InChI=1S/C27H32N4O5/c32-24(30-22(15-25(33)34)20-4-3-17-10-13-36-23(17)14-20)16-31-12-9-19(27(31)35)6-8-21-7-5-18-2-1-11-28-26(18)29-21/h4-5,7,10,14,19,22H,1-3,6,8-9,11-13,15-16H2,(H,28,29)(H,30,32)(H,33,34)/t19-,22-/m0/s1. The van der Waals surface area contributed by atoms with Crippen molar-refractivity contribution in [1.82, 2.24) is 15.2 Å². The number of amides is 2. The summed E-state index contributed by atoms with van der Waals surface area (Å²) in [6.07, 6.45) is 10.4. The second kappa shape index (κ2) is 10.6. The number of aryl methyl sites for hydroxylation is 2. The van der Waals surface area contributed by atoms with Crippen molar-refractivity contribution < 1.29 is 24.2 Å². The van der Waals surface area contributed by atoms with Gasteiger partial charge in [-0.3, -0.25) is 14.4 Å². The Balaban J connectivity index is 1.14. The van der Waals surface area contributed by atoms with Crippen molar-refractivity contribution in [2.75, 3.05) is 31.6 Å². The lowest BCUT2D eigenvalue weighted by Crippen LogP contribution is -2.44. The largest absolute Gasteiger partial charge is 0.489 e. The topological polar surface area (TPSA) is 121 Å². The molecule has 4 aliphatic rings. The highest BCUT2D eigenvalue weighted by Gasteiger charge is 2.33. The van der Waals surface area contributed by atoms with Gasteiger partial charge in [-0.25, -0.2) is 4.98 Å². The fraction of sp³-hybridized carbons (Fsp3) is 0.481. The molecule has 0 aromatic carbocycles. The van der Waals surface area contributed by atoms with E-state index in [0.29, 0.717) is 38.8 Å². The van der Waals surface area contributed by atoms with Crippen LogP contribution >= 0.6 is 0 Å². The van der Waals surface area contributed by atoms with Crippen molar-refractivity contribution in [2.45, 2.75) is 51.0 Å². The number of nitrogens with zero attached hydrogens (tertiary/aromatic N) is 2. The number of ether oxygens (including phenoxy) is 1. The van der Waals surface area contributed by atoms with Crippen molar-refractivity contribution >= 4 is 23.6 Å². The molecule has 9 heteroatoms. The molecule has 0 saturated carbocycles. The van der Waals surface area contributed by atoms with Gasteiger partial charge in [0.2, 0.25) is 11.8 Å². The number of aromatic nitrogens is 1. The second-order valence-corrected chi connectivity index (χ2v) is 9.80. The van der Waals surface area contributed by atoms with Gasteiger partial charge in [0.05, 0.1) is 19.0 Å². The first-order valence-electron chi connectivity index (χ1n) is 12.7. The van der Waals surface area contributed by atoms with Gasteiger partial charge in [-0.05, 0) is 73.5 Å². The predicted octanol–water partition coefficient (Wildman–Crippen LogP) is 2.35. The van der Waals surface area contributed by atoms with Gasteiger partial charge in [0.25, 0.3) is 0 Å². The molecule has 0 spiro atoms. The highest BCUT2D eigenvalue weighted by Crippen LogP contribution is 2.30. The Kier molecular flexibility index (Phi) is 7.06. The lowest BCUT2D eigenvalue weighted by Gasteiger charge is -2.23. The van der Waals surface area contributed by atoms with Crippen molar-refractivity contribution in [3.05, 3.63) is 58.5 Å². The third-order valence-corrected chi connectivity index (χ3v) is 7.30. The van der Waals surface area contributed by atoms with Crippen molar-refractivity contribution in [3.63, 3.8) is 0 Å². The van der Waals surface area contributed by atoms with Crippen LogP contribution in [0.1, 0.15) is 43.4 Å². The molecule has 9 nitrogen and oxygen atoms in total. The van der Waals surface area contributed by atoms with E-state index in [1.54, 1.807) is 11.0 Å². The number of pyridine rings is 1. The van der Waals surface area contributed by atoms with E-state index in [4.69, 9.17) is 9.72 Å². The Morgan fingerprint density at radius 1 is 1.31 bits per heavy atom. The Morgan fingerprint density at radius 2 is 2.19 bits per heavy atom. The summed E-state index contributed by atoms with van der Waals surface area (Å²) >= 11 is 0. The van der Waals surface area contributed by atoms with Crippen LogP contribution in [-0.2, 0) is 32.0 Å². The smallest absolute Gasteiger partial charge is 0.305 e. The van der Waals surface area contributed by atoms with Gasteiger partial charge in [-0.1, -0.05) is 12.1 Å². The zero-order valence-corrected chi connectivity index (χ0v) is 20.3. The molecule has 3 N–H and O–H groups in total. The van der Waals surface area contributed by atoms with Gasteiger partial charge in [0.15, 0.2) is 0 Å². The number of rotatable bonds is 9. The summed E-state index contributed by atoms with van der Waals surface area (Å²) in [7, 11) is 0. The van der Waals surface area contributed by atoms with Gasteiger partial charge < -0.3 is 25.4 Å². The first kappa shape index (κ1) is 24.1. The molecular weight excluding hydrogens is 460 g/mol. The van der Waals surface area contributed by atoms with Crippen LogP contribution in [0.3, 0.4) is 0 Å². The summed E-state index contributed by atoms with van der Waals surface area (Å²) < 4.78 is 5.57. The number of hydrogen-bond acceptors (Lipinski definition) is 6. The molecule has 1 aromatic heterocycles. The number of likely N-dealkylation sites (tertiary alicyclic amines) is 1. The second-order valence-electron chi connectivity index (χ2n) is 9.80. The minimum atomic E-state index is -1.00. The average Bonchev–Trinajstić information content (AvgIpc) is 3.48. The summed E-state index contributed by atoms with van der Waals surface area (Å²) in [6.45, 7) is 1.90. The van der Waals surface area contributed by atoms with Crippen LogP contribution in [0.25, 0.3) is 0 Å². The molecule has 1 saturated heterocycles. The molecule has 3 aliphatic heterocycles. The molecule has 5 rings (SSSR count). The van der Waals surface area contributed by atoms with Gasteiger partial charge in [0, 0.05) is 24.7 Å². The summed E-state index contributed by atoms with van der Waals surface area (Å²) in [6, 6.07) is 3.49. The lowest BCUT2D eigenvalue weighted by molar-refractivity contribution is -0.138. The molecule has 2 atom stereocenters. The summed E-state index contributed by atoms with van der Waals surface area (Å²) in [5, 5.41) is 15.6. The number of nitrogens with one attached hydrogen (secondary N) is 2. The van der Waals surface area contributed by atoms with Crippen LogP contribution in [0, 0.1) is 5.92 Å². The predicted molar refractivity (Wildman–Crippen MR) is 133 cm³/mol. The normalized spacial score (nSPS) is 21.3. The molecule has 1 fully saturated rings. The fourth-order valence-corrected chi connectivity index (χ4v) is 5.32. The number of carboxylic acid groups (broad SMARTS) is 1. The van der Waals surface area contributed by atoms with Crippen molar-refractivity contribution in [2.24, 2.45) is 5.92 Å². The van der Waals surface area contributed by atoms with E-state index in [2.05, 4.69) is 16.7 Å². The monoisotopic (exact) mass is 492 g/mol. The maximum Gasteiger partial charge on any atom is 0.305 e. The quantitative estimate of drug-likeness (QED) is 0.484. The number of allylic oxidation sites excluding steroid dienone is 2. The van der Waals surface area contributed by atoms with Gasteiger partial charge in [0.1, 0.15) is 18.2 Å². The zero-order chi connectivity index (χ0) is 25.1. The minimum Gasteiger partial charge on any atom is -0.489 e. The molecule has 2 amide bonds. The van der Waals surface area contributed by atoms with Gasteiger partial charge in [-0.15, -0.1) is 0 Å². The van der Waals surface area contributed by atoms with Crippen LogP contribution in [0.5, 0.6) is 0 Å². The maximum atomic E-state index is 13.0. The maximum absolute atomic E-state index is 13.0. The van der Waals surface area contributed by atoms with E-state index in [1.165, 1.54) is 5.56 Å². The van der Waals surface area contributed by atoms with Crippen molar-refractivity contribution in [3.8, 4) is 0 Å². The number of fused-ring (bicyclic) bond motifs is 2. The molecular formula is C27H32N4O5. The number of anilines is 1. The van der Waals surface area contributed by atoms with Crippen LogP contribution < -0.4 is 10.6 Å². The number of aliphatic carboxylic acids is 1. The van der Waals surface area contributed by atoms with E-state index < -0.39 is 12.0 Å². The molecule has 0 bridgehead atoms. The van der Waals surface area contributed by atoms with Gasteiger partial charge in [-0.2, -0.15) is 0 Å². The first-order valence-corrected chi connectivity index (χ1v) is 12.7. The Bertz CT molecular complexity index is 1150. The summed E-state index contributed by atoms with van der Waals surface area (Å²) in [5.41, 5.74) is 4.02. The Hall–Kier alpha value is -3.62. The Labute approximate surface area is 210 Å². The number of hydrogen-bond donors (Lipinski definition) is 3. The molecule has 1 aliphatic carbocycles. The van der Waals surface area contributed by atoms with Gasteiger partial charge >= 0.3 is 5.97 Å².